The average Bonchev–Trinajstić information content (AvgIpc) is 2.47. The normalized spacial score (nSPS) is 10.1. The van der Waals surface area contributed by atoms with Crippen molar-refractivity contribution in [2.75, 3.05) is 5.32 Å². The SMILES string of the molecule is CC(=O)c1ccc(C(=O)Nc2ccccn2)c(C(C)=O)c1C. The van der Waals surface area contributed by atoms with Crippen molar-refractivity contribution in [2.45, 2.75) is 20.8 Å². The molecule has 1 N–H and O–H groups in total. The van der Waals surface area contributed by atoms with Crippen molar-refractivity contribution in [2.24, 2.45) is 0 Å². The van der Waals surface area contributed by atoms with Crippen molar-refractivity contribution in [3.63, 3.8) is 0 Å². The van der Waals surface area contributed by atoms with E-state index in [9.17, 15) is 14.4 Å². The largest absolute Gasteiger partial charge is 0.307 e. The van der Waals surface area contributed by atoms with E-state index in [1.165, 1.54) is 19.9 Å². The molecule has 0 aliphatic rings. The fourth-order valence-corrected chi connectivity index (χ4v) is 2.36. The molecule has 5 nitrogen and oxygen atoms in total. The van der Waals surface area contributed by atoms with Crippen molar-refractivity contribution >= 4 is 23.3 Å². The van der Waals surface area contributed by atoms with E-state index in [2.05, 4.69) is 10.3 Å². The number of anilines is 1. The third-order valence-electron chi connectivity index (χ3n) is 3.35. The predicted molar refractivity (Wildman–Crippen MR) is 83.4 cm³/mol. The van der Waals surface area contributed by atoms with Gasteiger partial charge in [0, 0.05) is 17.3 Å². The highest BCUT2D eigenvalue weighted by molar-refractivity contribution is 6.14. The Hall–Kier alpha value is -2.82. The minimum Gasteiger partial charge on any atom is -0.307 e. The first-order chi connectivity index (χ1) is 10.4. The molecule has 2 rings (SSSR count). The highest BCUT2D eigenvalue weighted by Crippen LogP contribution is 2.21. The molecule has 0 saturated heterocycles. The van der Waals surface area contributed by atoms with Crippen LogP contribution in [0.1, 0.15) is 50.5 Å². The molecule has 0 aliphatic heterocycles. The Morgan fingerprint density at radius 3 is 2.18 bits per heavy atom. The van der Waals surface area contributed by atoms with E-state index in [1.54, 1.807) is 37.4 Å². The summed E-state index contributed by atoms with van der Waals surface area (Å²) >= 11 is 0. The highest BCUT2D eigenvalue weighted by Gasteiger charge is 2.20. The summed E-state index contributed by atoms with van der Waals surface area (Å²) in [6.07, 6.45) is 1.56. The molecule has 1 amide bonds. The van der Waals surface area contributed by atoms with Gasteiger partial charge in [-0.15, -0.1) is 0 Å². The van der Waals surface area contributed by atoms with Gasteiger partial charge in [0.15, 0.2) is 11.6 Å². The maximum absolute atomic E-state index is 12.4. The molecule has 0 spiro atoms. The van der Waals surface area contributed by atoms with Gasteiger partial charge in [0.1, 0.15) is 5.82 Å². The molecule has 5 heteroatoms. The maximum Gasteiger partial charge on any atom is 0.257 e. The number of nitrogens with zero attached hydrogens (tertiary/aromatic N) is 1. The van der Waals surface area contributed by atoms with E-state index in [-0.39, 0.29) is 22.7 Å². The van der Waals surface area contributed by atoms with Crippen molar-refractivity contribution in [3.05, 3.63) is 58.8 Å². The van der Waals surface area contributed by atoms with Crippen LogP contribution in [0, 0.1) is 6.92 Å². The lowest BCUT2D eigenvalue weighted by molar-refractivity contribution is 0.0982. The second kappa shape index (κ2) is 6.30. The van der Waals surface area contributed by atoms with Gasteiger partial charge in [0.25, 0.3) is 5.91 Å². The predicted octanol–water partition coefficient (Wildman–Crippen LogP) is 3.05. The van der Waals surface area contributed by atoms with Gasteiger partial charge < -0.3 is 5.32 Å². The van der Waals surface area contributed by atoms with Gasteiger partial charge in [0.05, 0.1) is 5.56 Å². The number of ketones is 2. The van der Waals surface area contributed by atoms with Crippen molar-refractivity contribution in [3.8, 4) is 0 Å². The average molecular weight is 296 g/mol. The summed E-state index contributed by atoms with van der Waals surface area (Å²) in [7, 11) is 0. The Morgan fingerprint density at radius 1 is 0.955 bits per heavy atom. The number of benzene rings is 1. The van der Waals surface area contributed by atoms with Crippen LogP contribution in [0.2, 0.25) is 0 Å². The second-order valence-electron chi connectivity index (χ2n) is 4.94. The number of hydrogen-bond donors (Lipinski definition) is 1. The Bertz CT molecular complexity index is 752. The van der Waals surface area contributed by atoms with E-state index in [0.29, 0.717) is 16.9 Å². The molecule has 112 valence electrons. The number of Topliss-reactive ketones (excluding diaryl/α,β-unsaturated/α-hetero) is 2. The van der Waals surface area contributed by atoms with Gasteiger partial charge in [-0.05, 0) is 44.5 Å². The second-order valence-corrected chi connectivity index (χ2v) is 4.94. The Balaban J connectivity index is 2.46. The molecule has 0 unspecified atom stereocenters. The van der Waals surface area contributed by atoms with Crippen LogP contribution in [0.4, 0.5) is 5.82 Å². The quantitative estimate of drug-likeness (QED) is 0.880. The lowest BCUT2D eigenvalue weighted by atomic mass is 9.92. The third kappa shape index (κ3) is 3.09. The van der Waals surface area contributed by atoms with Crippen molar-refractivity contribution in [1.82, 2.24) is 4.98 Å². The van der Waals surface area contributed by atoms with Gasteiger partial charge in [-0.1, -0.05) is 12.1 Å². The smallest absolute Gasteiger partial charge is 0.257 e. The van der Waals surface area contributed by atoms with Gasteiger partial charge in [-0.25, -0.2) is 4.98 Å². The Kier molecular flexibility index (Phi) is 4.46. The zero-order valence-electron chi connectivity index (χ0n) is 12.6. The molecule has 0 bridgehead atoms. The minimum atomic E-state index is -0.429. The number of pyridine rings is 1. The third-order valence-corrected chi connectivity index (χ3v) is 3.35. The summed E-state index contributed by atoms with van der Waals surface area (Å²) in [5.74, 6) is -0.430. The number of aromatic nitrogens is 1. The molecule has 1 aromatic carbocycles. The fourth-order valence-electron chi connectivity index (χ4n) is 2.36. The van der Waals surface area contributed by atoms with E-state index in [0.717, 1.165) is 0 Å². The number of carbonyl (C=O) groups is 3. The molecular weight excluding hydrogens is 280 g/mol. The zero-order valence-corrected chi connectivity index (χ0v) is 12.6. The van der Waals surface area contributed by atoms with Gasteiger partial charge in [0.2, 0.25) is 0 Å². The molecule has 1 heterocycles. The summed E-state index contributed by atoms with van der Waals surface area (Å²) in [6, 6.07) is 8.21. The maximum atomic E-state index is 12.4. The zero-order chi connectivity index (χ0) is 16.3. The molecular formula is C17H16N2O3. The number of amides is 1. The molecule has 0 radical (unpaired) electrons. The molecule has 0 aliphatic carbocycles. The van der Waals surface area contributed by atoms with Crippen LogP contribution in [0.15, 0.2) is 36.5 Å². The number of hydrogen-bond acceptors (Lipinski definition) is 4. The summed E-state index contributed by atoms with van der Waals surface area (Å²) < 4.78 is 0. The topological polar surface area (TPSA) is 76.1 Å². The monoisotopic (exact) mass is 296 g/mol. The van der Waals surface area contributed by atoms with Crippen LogP contribution >= 0.6 is 0 Å². The number of rotatable bonds is 4. The molecule has 2 aromatic rings. The standard InChI is InChI=1S/C17H16N2O3/c1-10-13(11(2)20)7-8-14(16(10)12(3)21)17(22)19-15-6-4-5-9-18-15/h4-9H,1-3H3,(H,18,19,22). The van der Waals surface area contributed by atoms with Crippen LogP contribution < -0.4 is 5.32 Å². The van der Waals surface area contributed by atoms with Crippen LogP contribution in [0.5, 0.6) is 0 Å². The number of carbonyl (C=O) groups excluding carboxylic acids is 3. The summed E-state index contributed by atoms with van der Waals surface area (Å²) in [5, 5.41) is 2.64. The molecule has 22 heavy (non-hydrogen) atoms. The van der Waals surface area contributed by atoms with Crippen LogP contribution in [0.3, 0.4) is 0 Å². The van der Waals surface area contributed by atoms with Gasteiger partial charge in [-0.2, -0.15) is 0 Å². The molecule has 1 aromatic heterocycles. The molecule has 0 saturated carbocycles. The first-order valence-corrected chi connectivity index (χ1v) is 6.79. The minimum absolute atomic E-state index is 0.142. The Morgan fingerprint density at radius 2 is 1.64 bits per heavy atom. The van der Waals surface area contributed by atoms with E-state index in [1.807, 2.05) is 0 Å². The van der Waals surface area contributed by atoms with Crippen LogP contribution in [-0.2, 0) is 0 Å². The molecule has 0 atom stereocenters. The summed E-state index contributed by atoms with van der Waals surface area (Å²) in [5.41, 5.74) is 1.47. The van der Waals surface area contributed by atoms with Gasteiger partial charge in [-0.3, -0.25) is 14.4 Å². The first kappa shape index (κ1) is 15.6. The van der Waals surface area contributed by atoms with E-state index >= 15 is 0 Å². The van der Waals surface area contributed by atoms with Gasteiger partial charge >= 0.3 is 0 Å². The Labute approximate surface area is 128 Å². The molecule has 0 fully saturated rings. The lowest BCUT2D eigenvalue weighted by Gasteiger charge is -2.13. The summed E-state index contributed by atoms with van der Waals surface area (Å²) in [6.45, 7) is 4.48. The van der Waals surface area contributed by atoms with Crippen LogP contribution in [0.25, 0.3) is 0 Å². The fraction of sp³-hybridized carbons (Fsp3) is 0.176. The van der Waals surface area contributed by atoms with E-state index < -0.39 is 5.91 Å². The summed E-state index contributed by atoms with van der Waals surface area (Å²) in [4.78, 5) is 39.9. The van der Waals surface area contributed by atoms with Crippen molar-refractivity contribution in [1.29, 1.82) is 0 Å². The lowest BCUT2D eigenvalue weighted by Crippen LogP contribution is -2.18. The van der Waals surface area contributed by atoms with E-state index in [4.69, 9.17) is 0 Å². The number of nitrogens with one attached hydrogen (secondary N) is 1. The van der Waals surface area contributed by atoms with Crippen LogP contribution in [-0.4, -0.2) is 22.5 Å². The first-order valence-electron chi connectivity index (χ1n) is 6.79. The highest BCUT2D eigenvalue weighted by atomic mass is 16.2. The van der Waals surface area contributed by atoms with Crippen molar-refractivity contribution < 1.29 is 14.4 Å².